The van der Waals surface area contributed by atoms with E-state index >= 15 is 0 Å². The fraction of sp³-hybridized carbons (Fsp3) is 0.333. The molecular weight excluding hydrogens is 318 g/mol. The SMILES string of the molecule is CCCN1C(=O)OC(C)(C)c2cc3[nH]c(-c4cnccn4)nc3cc21. The van der Waals surface area contributed by atoms with Gasteiger partial charge in [0.2, 0.25) is 0 Å². The minimum atomic E-state index is -0.692. The van der Waals surface area contributed by atoms with Crippen molar-refractivity contribution in [2.75, 3.05) is 11.4 Å². The van der Waals surface area contributed by atoms with Gasteiger partial charge in [-0.2, -0.15) is 0 Å². The maximum Gasteiger partial charge on any atom is 0.415 e. The Balaban J connectivity index is 1.90. The molecule has 1 amide bonds. The first-order valence-electron chi connectivity index (χ1n) is 8.31. The van der Waals surface area contributed by atoms with Crippen LogP contribution in [0.4, 0.5) is 10.5 Å². The number of anilines is 1. The van der Waals surface area contributed by atoms with Crippen LogP contribution in [0, 0.1) is 0 Å². The van der Waals surface area contributed by atoms with Gasteiger partial charge in [0.25, 0.3) is 0 Å². The van der Waals surface area contributed by atoms with Gasteiger partial charge in [-0.15, -0.1) is 0 Å². The van der Waals surface area contributed by atoms with E-state index in [4.69, 9.17) is 4.74 Å². The molecule has 25 heavy (non-hydrogen) atoms. The van der Waals surface area contributed by atoms with Gasteiger partial charge in [-0.25, -0.2) is 14.8 Å². The van der Waals surface area contributed by atoms with E-state index in [0.717, 1.165) is 28.7 Å². The molecule has 0 unspecified atom stereocenters. The Morgan fingerprint density at radius 2 is 2.12 bits per heavy atom. The summed E-state index contributed by atoms with van der Waals surface area (Å²) in [6.07, 6.45) is 5.45. The first-order valence-corrected chi connectivity index (χ1v) is 8.31. The number of aromatic amines is 1. The fourth-order valence-electron chi connectivity index (χ4n) is 3.16. The molecule has 7 heteroatoms. The van der Waals surface area contributed by atoms with Crippen LogP contribution in [0.1, 0.15) is 32.8 Å². The van der Waals surface area contributed by atoms with E-state index in [2.05, 4.69) is 19.9 Å². The lowest BCUT2D eigenvalue weighted by atomic mass is 9.93. The highest BCUT2D eigenvalue weighted by Gasteiger charge is 2.38. The number of amides is 1. The summed E-state index contributed by atoms with van der Waals surface area (Å²) in [4.78, 5) is 30.3. The molecule has 0 atom stereocenters. The van der Waals surface area contributed by atoms with Gasteiger partial charge in [0.1, 0.15) is 11.3 Å². The summed E-state index contributed by atoms with van der Waals surface area (Å²) >= 11 is 0. The van der Waals surface area contributed by atoms with Crippen molar-refractivity contribution >= 4 is 22.8 Å². The third-order valence-corrected chi connectivity index (χ3v) is 4.35. The van der Waals surface area contributed by atoms with Crippen LogP contribution < -0.4 is 4.90 Å². The van der Waals surface area contributed by atoms with Crippen molar-refractivity contribution in [2.45, 2.75) is 32.8 Å². The van der Waals surface area contributed by atoms with E-state index in [0.29, 0.717) is 18.1 Å². The molecule has 0 bridgehead atoms. The van der Waals surface area contributed by atoms with Gasteiger partial charge in [-0.05, 0) is 32.4 Å². The number of hydrogen-bond acceptors (Lipinski definition) is 5. The Hall–Kier alpha value is -2.96. The molecule has 128 valence electrons. The topological polar surface area (TPSA) is 84.0 Å². The van der Waals surface area contributed by atoms with Crippen molar-refractivity contribution in [3.63, 3.8) is 0 Å². The number of nitrogens with zero attached hydrogens (tertiary/aromatic N) is 4. The number of benzene rings is 1. The van der Waals surface area contributed by atoms with E-state index in [1.807, 2.05) is 32.9 Å². The molecule has 4 rings (SSSR count). The van der Waals surface area contributed by atoms with E-state index in [1.54, 1.807) is 23.5 Å². The molecule has 3 heterocycles. The number of ether oxygens (including phenoxy) is 1. The van der Waals surface area contributed by atoms with Crippen molar-refractivity contribution < 1.29 is 9.53 Å². The lowest BCUT2D eigenvalue weighted by Gasteiger charge is -2.38. The standard InChI is InChI=1S/C18H19N5O2/c1-4-7-23-15-9-13-12(8-11(15)18(2,3)25-17(23)24)21-16(22-13)14-10-19-5-6-20-14/h5-6,8-10H,4,7H2,1-3H3,(H,21,22). The van der Waals surface area contributed by atoms with E-state index in [-0.39, 0.29) is 6.09 Å². The Morgan fingerprint density at radius 3 is 2.84 bits per heavy atom. The monoisotopic (exact) mass is 337 g/mol. The zero-order valence-corrected chi connectivity index (χ0v) is 14.4. The van der Waals surface area contributed by atoms with Crippen molar-refractivity contribution in [1.82, 2.24) is 19.9 Å². The van der Waals surface area contributed by atoms with Crippen LogP contribution in [0.2, 0.25) is 0 Å². The van der Waals surface area contributed by atoms with Gasteiger partial charge in [0, 0.05) is 24.5 Å². The number of nitrogens with one attached hydrogen (secondary N) is 1. The molecule has 7 nitrogen and oxygen atoms in total. The molecule has 0 spiro atoms. The van der Waals surface area contributed by atoms with E-state index < -0.39 is 5.60 Å². The maximum atomic E-state index is 12.4. The van der Waals surface area contributed by atoms with Crippen LogP contribution in [0.5, 0.6) is 0 Å². The summed E-state index contributed by atoms with van der Waals surface area (Å²) in [5.41, 5.74) is 3.46. The first-order chi connectivity index (χ1) is 12.0. The summed E-state index contributed by atoms with van der Waals surface area (Å²) in [5, 5.41) is 0. The predicted octanol–water partition coefficient (Wildman–Crippen LogP) is 3.62. The highest BCUT2D eigenvalue weighted by atomic mass is 16.6. The van der Waals surface area contributed by atoms with Gasteiger partial charge in [0.05, 0.1) is 22.9 Å². The minimum Gasteiger partial charge on any atom is -0.438 e. The molecule has 0 saturated heterocycles. The third kappa shape index (κ3) is 2.52. The van der Waals surface area contributed by atoms with Crippen molar-refractivity contribution in [2.24, 2.45) is 0 Å². The number of cyclic esters (lactones) is 1. The molecule has 1 aromatic carbocycles. The molecule has 0 fully saturated rings. The number of carbonyl (C=O) groups is 1. The van der Waals surface area contributed by atoms with E-state index in [1.165, 1.54) is 0 Å². The smallest absolute Gasteiger partial charge is 0.415 e. The number of H-pyrrole nitrogens is 1. The Morgan fingerprint density at radius 1 is 1.28 bits per heavy atom. The Kier molecular flexibility index (Phi) is 3.45. The highest BCUT2D eigenvalue weighted by Crippen LogP contribution is 2.41. The summed E-state index contributed by atoms with van der Waals surface area (Å²) in [6.45, 7) is 6.44. The van der Waals surface area contributed by atoms with Crippen LogP contribution in [0.25, 0.3) is 22.6 Å². The summed E-state index contributed by atoms with van der Waals surface area (Å²) in [5.74, 6) is 0.650. The van der Waals surface area contributed by atoms with Crippen molar-refractivity contribution in [1.29, 1.82) is 0 Å². The molecule has 0 saturated carbocycles. The van der Waals surface area contributed by atoms with Crippen LogP contribution in [0.3, 0.4) is 0 Å². The van der Waals surface area contributed by atoms with Crippen LogP contribution in [0.15, 0.2) is 30.7 Å². The lowest BCUT2D eigenvalue weighted by Crippen LogP contribution is -2.43. The number of hydrogen-bond donors (Lipinski definition) is 1. The van der Waals surface area contributed by atoms with Crippen molar-refractivity contribution in [3.05, 3.63) is 36.3 Å². The second-order valence-electron chi connectivity index (χ2n) is 6.59. The number of imidazole rings is 1. The normalized spacial score (nSPS) is 16.0. The molecule has 0 radical (unpaired) electrons. The molecule has 3 aromatic rings. The second kappa shape index (κ2) is 5.54. The summed E-state index contributed by atoms with van der Waals surface area (Å²) in [7, 11) is 0. The minimum absolute atomic E-state index is 0.316. The van der Waals surface area contributed by atoms with Crippen LogP contribution >= 0.6 is 0 Å². The summed E-state index contributed by atoms with van der Waals surface area (Å²) in [6, 6.07) is 3.95. The summed E-state index contributed by atoms with van der Waals surface area (Å²) < 4.78 is 5.64. The van der Waals surface area contributed by atoms with Crippen LogP contribution in [-0.4, -0.2) is 32.6 Å². The second-order valence-corrected chi connectivity index (χ2v) is 6.59. The number of aromatic nitrogens is 4. The Labute approximate surface area is 145 Å². The Bertz CT molecular complexity index is 949. The molecule has 1 N–H and O–H groups in total. The molecular formula is C18H19N5O2. The zero-order chi connectivity index (χ0) is 17.6. The van der Waals surface area contributed by atoms with Gasteiger partial charge in [-0.3, -0.25) is 9.88 Å². The molecule has 1 aliphatic rings. The number of rotatable bonds is 3. The number of fused-ring (bicyclic) bond motifs is 2. The molecule has 1 aliphatic heterocycles. The zero-order valence-electron chi connectivity index (χ0n) is 14.4. The number of carbonyl (C=O) groups excluding carboxylic acids is 1. The first kappa shape index (κ1) is 15.6. The quantitative estimate of drug-likeness (QED) is 0.789. The fourth-order valence-corrected chi connectivity index (χ4v) is 3.16. The lowest BCUT2D eigenvalue weighted by molar-refractivity contribution is 0.0352. The largest absolute Gasteiger partial charge is 0.438 e. The highest BCUT2D eigenvalue weighted by molar-refractivity contribution is 5.95. The van der Waals surface area contributed by atoms with Gasteiger partial charge in [-0.1, -0.05) is 6.92 Å². The predicted molar refractivity (Wildman–Crippen MR) is 94.3 cm³/mol. The van der Waals surface area contributed by atoms with Gasteiger partial charge in [0.15, 0.2) is 5.82 Å². The average Bonchev–Trinajstić information content (AvgIpc) is 3.01. The van der Waals surface area contributed by atoms with Crippen molar-refractivity contribution in [3.8, 4) is 11.5 Å². The molecule has 2 aromatic heterocycles. The van der Waals surface area contributed by atoms with E-state index in [9.17, 15) is 4.79 Å². The molecule has 0 aliphatic carbocycles. The average molecular weight is 337 g/mol. The van der Waals surface area contributed by atoms with Gasteiger partial charge >= 0.3 is 6.09 Å². The van der Waals surface area contributed by atoms with Crippen LogP contribution in [-0.2, 0) is 10.3 Å². The third-order valence-electron chi connectivity index (χ3n) is 4.35. The van der Waals surface area contributed by atoms with Gasteiger partial charge < -0.3 is 9.72 Å². The maximum absolute atomic E-state index is 12.4.